The predicted octanol–water partition coefficient (Wildman–Crippen LogP) is 3.07. The molecular weight excluding hydrogens is 302 g/mol. The second kappa shape index (κ2) is 5.41. The van der Waals surface area contributed by atoms with Crippen LogP contribution < -0.4 is 10.5 Å². The van der Waals surface area contributed by atoms with Crippen molar-refractivity contribution >= 4 is 11.6 Å². The first-order valence-electron chi connectivity index (χ1n) is 4.71. The van der Waals surface area contributed by atoms with Crippen LogP contribution in [0, 0.1) is 0 Å². The largest absolute Gasteiger partial charge is 0.455 e. The summed E-state index contributed by atoms with van der Waals surface area (Å²) in [4.78, 5) is 3.38. The molecule has 19 heavy (non-hydrogen) atoms. The smallest absolute Gasteiger partial charge is 0.434 e. The molecule has 0 spiro atoms. The van der Waals surface area contributed by atoms with Gasteiger partial charge in [-0.1, -0.05) is 11.6 Å². The topological polar surface area (TPSA) is 48.1 Å². The average molecular weight is 309 g/mol. The summed E-state index contributed by atoms with van der Waals surface area (Å²) in [6.07, 6.45) is -15.2. The van der Waals surface area contributed by atoms with Gasteiger partial charge in [0.15, 0.2) is 0 Å². The molecule has 0 aliphatic heterocycles. The summed E-state index contributed by atoms with van der Waals surface area (Å²) in [5, 5.41) is 0.0189. The van der Waals surface area contributed by atoms with Crippen molar-refractivity contribution in [2.24, 2.45) is 5.73 Å². The van der Waals surface area contributed by atoms with Crippen molar-refractivity contribution in [1.82, 2.24) is 4.98 Å². The number of alkyl halides is 6. The Bertz CT molecular complexity index is 433. The zero-order valence-corrected chi connectivity index (χ0v) is 9.77. The molecule has 2 N–H and O–H groups in total. The van der Waals surface area contributed by atoms with Crippen LogP contribution in [0.3, 0.4) is 0 Å². The molecule has 0 bridgehead atoms. The number of pyridine rings is 1. The predicted molar refractivity (Wildman–Crippen MR) is 53.7 cm³/mol. The van der Waals surface area contributed by atoms with E-state index in [1.165, 1.54) is 0 Å². The van der Waals surface area contributed by atoms with Crippen molar-refractivity contribution in [2.45, 2.75) is 25.0 Å². The summed E-state index contributed by atoms with van der Waals surface area (Å²) in [6.45, 7) is -0.251. The number of hydrogen-bond donors (Lipinski definition) is 1. The first kappa shape index (κ1) is 15.8. The molecule has 10 heteroatoms. The maximum absolute atomic E-state index is 12.2. The highest BCUT2D eigenvalue weighted by Gasteiger charge is 2.59. The molecule has 108 valence electrons. The van der Waals surface area contributed by atoms with Crippen LogP contribution in [0.15, 0.2) is 12.1 Å². The summed E-state index contributed by atoms with van der Waals surface area (Å²) in [5.74, 6) is -0.857. The van der Waals surface area contributed by atoms with Gasteiger partial charge >= 0.3 is 12.4 Å². The van der Waals surface area contributed by atoms with Gasteiger partial charge in [0, 0.05) is 12.6 Å². The Balaban J connectivity index is 3.04. The summed E-state index contributed by atoms with van der Waals surface area (Å²) >= 11 is 5.57. The van der Waals surface area contributed by atoms with Crippen LogP contribution in [-0.2, 0) is 6.54 Å². The Hall–Kier alpha value is -1.22. The van der Waals surface area contributed by atoms with Crippen molar-refractivity contribution in [3.63, 3.8) is 0 Å². The van der Waals surface area contributed by atoms with Crippen molar-refractivity contribution < 1.29 is 31.1 Å². The normalized spacial score (nSPS) is 12.9. The van der Waals surface area contributed by atoms with Gasteiger partial charge in [-0.3, -0.25) is 0 Å². The minimum atomic E-state index is -5.61. The van der Waals surface area contributed by atoms with Crippen molar-refractivity contribution in [1.29, 1.82) is 0 Å². The summed E-state index contributed by atoms with van der Waals surface area (Å²) in [6, 6.07) is 1.85. The van der Waals surface area contributed by atoms with Gasteiger partial charge in [0.05, 0.1) is 10.7 Å². The highest BCUT2D eigenvalue weighted by Crippen LogP contribution is 2.36. The van der Waals surface area contributed by atoms with Gasteiger partial charge < -0.3 is 10.5 Å². The van der Waals surface area contributed by atoms with Crippen LogP contribution in [-0.4, -0.2) is 23.4 Å². The monoisotopic (exact) mass is 308 g/mol. The number of nitrogens with two attached hydrogens (primary N) is 1. The van der Waals surface area contributed by atoms with Gasteiger partial charge in [-0.15, -0.1) is 0 Å². The molecule has 0 saturated heterocycles. The van der Waals surface area contributed by atoms with E-state index in [1.54, 1.807) is 0 Å². The number of ether oxygens (including phenoxy) is 1. The number of aromatic nitrogens is 1. The lowest BCUT2D eigenvalue weighted by molar-refractivity contribution is -0.300. The van der Waals surface area contributed by atoms with E-state index in [0.717, 1.165) is 12.1 Å². The lowest BCUT2D eigenvalue weighted by Crippen LogP contribution is -2.46. The molecule has 0 aliphatic rings. The molecule has 3 nitrogen and oxygen atoms in total. The number of hydrogen-bond acceptors (Lipinski definition) is 3. The van der Waals surface area contributed by atoms with E-state index in [2.05, 4.69) is 9.72 Å². The maximum Gasteiger partial charge on any atom is 0.434 e. The van der Waals surface area contributed by atoms with Crippen molar-refractivity contribution in [3.8, 4) is 5.88 Å². The zero-order chi connectivity index (χ0) is 14.8. The van der Waals surface area contributed by atoms with Crippen LogP contribution in [0.4, 0.5) is 26.3 Å². The first-order valence-corrected chi connectivity index (χ1v) is 5.09. The van der Waals surface area contributed by atoms with E-state index >= 15 is 0 Å². The van der Waals surface area contributed by atoms with E-state index in [9.17, 15) is 26.3 Å². The molecule has 1 aromatic heterocycles. The lowest BCUT2D eigenvalue weighted by Gasteiger charge is -2.23. The van der Waals surface area contributed by atoms with Crippen molar-refractivity contribution in [2.75, 3.05) is 0 Å². The highest BCUT2D eigenvalue weighted by molar-refractivity contribution is 6.31. The summed E-state index contributed by atoms with van der Waals surface area (Å²) in [5.41, 5.74) is 5.11. The third-order valence-corrected chi connectivity index (χ3v) is 2.26. The van der Waals surface area contributed by atoms with E-state index < -0.39 is 24.3 Å². The fourth-order valence-electron chi connectivity index (χ4n) is 1.11. The average Bonchev–Trinajstić information content (AvgIpc) is 2.24. The van der Waals surface area contributed by atoms with Gasteiger partial charge in [0.1, 0.15) is 0 Å². The zero-order valence-electron chi connectivity index (χ0n) is 9.02. The van der Waals surface area contributed by atoms with E-state index in [-0.39, 0.29) is 17.3 Å². The number of halogens is 7. The maximum atomic E-state index is 12.2. The van der Waals surface area contributed by atoms with Gasteiger partial charge in [-0.2, -0.15) is 26.3 Å². The molecule has 1 heterocycles. The third kappa shape index (κ3) is 4.13. The molecule has 0 aliphatic carbocycles. The molecule has 0 unspecified atom stereocenters. The second-order valence-electron chi connectivity index (χ2n) is 3.36. The number of nitrogens with zero attached hydrogens (tertiary/aromatic N) is 1. The molecular formula is C9H7ClF6N2O. The Morgan fingerprint density at radius 2 is 1.68 bits per heavy atom. The van der Waals surface area contributed by atoms with Gasteiger partial charge in [-0.25, -0.2) is 4.98 Å². The second-order valence-corrected chi connectivity index (χ2v) is 3.77. The van der Waals surface area contributed by atoms with Crippen LogP contribution in [0.25, 0.3) is 0 Å². The highest BCUT2D eigenvalue weighted by atomic mass is 35.5. The van der Waals surface area contributed by atoms with Crippen LogP contribution >= 0.6 is 11.6 Å². The SMILES string of the molecule is NCc1nc(OC(C(F)(F)F)C(F)(F)F)ccc1Cl. The molecule has 0 aromatic carbocycles. The first-order chi connectivity index (χ1) is 8.55. The number of rotatable bonds is 3. The van der Waals surface area contributed by atoms with Crippen molar-refractivity contribution in [3.05, 3.63) is 22.8 Å². The molecule has 1 aromatic rings. The third-order valence-electron chi connectivity index (χ3n) is 1.92. The van der Waals surface area contributed by atoms with Gasteiger partial charge in [0.2, 0.25) is 5.88 Å². The molecule has 0 saturated carbocycles. The fraction of sp³-hybridized carbons (Fsp3) is 0.444. The molecule has 0 radical (unpaired) electrons. The molecule has 0 atom stereocenters. The van der Waals surface area contributed by atoms with Crippen LogP contribution in [0.2, 0.25) is 5.02 Å². The molecule has 0 fully saturated rings. The van der Waals surface area contributed by atoms with Gasteiger partial charge in [-0.05, 0) is 6.07 Å². The Kier molecular flexibility index (Phi) is 4.51. The van der Waals surface area contributed by atoms with E-state index in [0.29, 0.717) is 0 Å². The minimum Gasteiger partial charge on any atom is -0.455 e. The Morgan fingerprint density at radius 1 is 1.16 bits per heavy atom. The lowest BCUT2D eigenvalue weighted by atomic mass is 10.3. The van der Waals surface area contributed by atoms with Crippen LogP contribution in [0.1, 0.15) is 5.69 Å². The van der Waals surface area contributed by atoms with E-state index in [1.807, 2.05) is 0 Å². The molecule has 1 rings (SSSR count). The molecule has 0 amide bonds. The standard InChI is InChI=1S/C9H7ClF6N2O/c10-4-1-2-6(18-5(4)3-17)19-7(8(11,12)13)9(14,15)16/h1-2,7H,3,17H2. The van der Waals surface area contributed by atoms with Crippen LogP contribution in [0.5, 0.6) is 5.88 Å². The summed E-state index contributed by atoms with van der Waals surface area (Å²) < 4.78 is 77.3. The minimum absolute atomic E-state index is 0.0189. The quantitative estimate of drug-likeness (QED) is 0.873. The van der Waals surface area contributed by atoms with E-state index in [4.69, 9.17) is 17.3 Å². The van der Waals surface area contributed by atoms with Gasteiger partial charge in [0.25, 0.3) is 6.10 Å². The summed E-state index contributed by atoms with van der Waals surface area (Å²) in [7, 11) is 0. The Morgan fingerprint density at radius 3 is 2.11 bits per heavy atom. The fourth-order valence-corrected chi connectivity index (χ4v) is 1.30. The Labute approximate surface area is 108 Å².